The Morgan fingerprint density at radius 3 is 2.56 bits per heavy atom. The van der Waals surface area contributed by atoms with E-state index in [2.05, 4.69) is 84.4 Å². The molecule has 3 atom stereocenters. The smallest absolute Gasteiger partial charge is 0.319 e. The van der Waals surface area contributed by atoms with Crippen LogP contribution in [0.1, 0.15) is 79.2 Å². The number of fused-ring (bicyclic) bond motifs is 8. The van der Waals surface area contributed by atoms with E-state index in [4.69, 9.17) is 19.7 Å². The number of nitrogens with one attached hydrogen (secondary N) is 2. The molecule has 0 spiro atoms. The lowest BCUT2D eigenvalue weighted by Crippen LogP contribution is -2.51. The molecule has 4 fully saturated rings. The molecule has 59 heavy (non-hydrogen) atoms. The van der Waals surface area contributed by atoms with Crippen LogP contribution in [0.25, 0.3) is 53.2 Å². The van der Waals surface area contributed by atoms with Gasteiger partial charge in [0.25, 0.3) is 0 Å². The van der Waals surface area contributed by atoms with E-state index in [9.17, 15) is 4.39 Å². The number of pyridine rings is 1. The molecule has 2 aromatic carbocycles. The highest BCUT2D eigenvalue weighted by Gasteiger charge is 2.47. The predicted octanol–water partition coefficient (Wildman–Crippen LogP) is 10.1. The van der Waals surface area contributed by atoms with Crippen molar-refractivity contribution in [2.75, 3.05) is 37.7 Å². The Morgan fingerprint density at radius 2 is 1.81 bits per heavy atom. The van der Waals surface area contributed by atoms with E-state index >= 15 is 4.39 Å². The maximum atomic E-state index is 16.5. The monoisotopic (exact) mass is 830 g/mol. The van der Waals surface area contributed by atoms with Crippen molar-refractivity contribution in [3.63, 3.8) is 0 Å². The summed E-state index contributed by atoms with van der Waals surface area (Å²) >= 11 is 1.57. The maximum absolute atomic E-state index is 16.5. The van der Waals surface area contributed by atoms with Crippen LogP contribution in [0, 0.1) is 17.3 Å². The number of halogens is 2. The molecule has 9 nitrogen and oxygen atoms in total. The van der Waals surface area contributed by atoms with Gasteiger partial charge in [0.05, 0.1) is 44.9 Å². The molecule has 13 heteroatoms. The molecule has 0 aliphatic carbocycles. The molecule has 8 heterocycles. The third-order valence-electron chi connectivity index (χ3n) is 14.2. The molecular formula is C46H52F2N8OSSi. The second kappa shape index (κ2) is 14.6. The van der Waals surface area contributed by atoms with Gasteiger partial charge in [-0.2, -0.15) is 15.1 Å². The van der Waals surface area contributed by atoms with Crippen molar-refractivity contribution in [3.05, 3.63) is 59.9 Å². The van der Waals surface area contributed by atoms with Gasteiger partial charge < -0.3 is 15.0 Å². The van der Waals surface area contributed by atoms with E-state index in [1.165, 1.54) is 0 Å². The summed E-state index contributed by atoms with van der Waals surface area (Å²) in [4.78, 5) is 21.1. The maximum Gasteiger partial charge on any atom is 0.319 e. The van der Waals surface area contributed by atoms with Crippen molar-refractivity contribution in [2.45, 2.75) is 108 Å². The molecule has 0 saturated carbocycles. The SMILES string of the molecule is CC(C)[Si](C#Cc1c(F)ccc2cc3[nH]ncc3c(-c3nccc4c3sc3nc(OC[C@@]56CCCN5C/C(=C\F)C6)nc(N5C[C@H]6CC[C@@H](C5)N6)c34)c12)(C(C)C)C(C)C. The predicted molar refractivity (Wildman–Crippen MR) is 238 cm³/mol. The van der Waals surface area contributed by atoms with Gasteiger partial charge in [0.2, 0.25) is 0 Å². The minimum atomic E-state index is -2.20. The Bertz CT molecular complexity index is 2700. The van der Waals surface area contributed by atoms with Crippen molar-refractivity contribution >= 4 is 67.2 Å². The van der Waals surface area contributed by atoms with Crippen LogP contribution in [-0.2, 0) is 0 Å². The number of ether oxygens (including phenoxy) is 1. The number of hydrogen-bond donors (Lipinski definition) is 2. The van der Waals surface area contributed by atoms with Gasteiger partial charge in [-0.3, -0.25) is 15.0 Å². The molecule has 2 bridgehead atoms. The van der Waals surface area contributed by atoms with E-state index in [-0.39, 0.29) is 11.4 Å². The quantitative estimate of drug-likeness (QED) is 0.116. The summed E-state index contributed by atoms with van der Waals surface area (Å²) in [7, 11) is -2.20. The standard InChI is InChI=1S/C46H52F2N8OSSi/c1-26(2)59(27(3)4,28(5)6)17-13-33-36(48)11-8-30-18-37-35(21-50-54-37)39(38(30)33)41-42-34(12-15-49-41)40-43(55-23-31-9-10-32(24-55)51-31)52-45(53-44(40)58-42)57-25-46-14-7-16-56(46)22-29(19-46)20-47/h8,11-12,15,18,20-21,26-28,31-32,51H,7,9-10,14,16,19,22-25H2,1-6H3,(H,50,54)/b29-20-/t31-,32+,46-/m0/s1. The van der Waals surface area contributed by atoms with Gasteiger partial charge in [0.15, 0.2) is 0 Å². The lowest BCUT2D eigenvalue weighted by atomic mass is 9.93. The summed E-state index contributed by atoms with van der Waals surface area (Å²) in [6.45, 7) is 17.4. The van der Waals surface area contributed by atoms with E-state index in [1.54, 1.807) is 17.4 Å². The van der Waals surface area contributed by atoms with Gasteiger partial charge in [0, 0.05) is 59.6 Å². The highest BCUT2D eigenvalue weighted by Crippen LogP contribution is 2.48. The fourth-order valence-electron chi connectivity index (χ4n) is 11.5. The molecule has 0 unspecified atom stereocenters. The van der Waals surface area contributed by atoms with Crippen LogP contribution in [0.4, 0.5) is 14.6 Å². The highest BCUT2D eigenvalue weighted by atomic mass is 32.1. The summed E-state index contributed by atoms with van der Waals surface area (Å²) in [5.41, 5.74) is 8.39. The van der Waals surface area contributed by atoms with E-state index < -0.39 is 8.07 Å². The molecule has 4 aliphatic heterocycles. The zero-order chi connectivity index (χ0) is 40.8. The number of anilines is 1. The number of H-pyrrole nitrogens is 1. The van der Waals surface area contributed by atoms with Crippen molar-refractivity contribution < 1.29 is 13.5 Å². The molecule has 4 aliphatic rings. The van der Waals surface area contributed by atoms with Gasteiger partial charge in [-0.25, -0.2) is 8.78 Å². The summed E-state index contributed by atoms with van der Waals surface area (Å²) in [6, 6.07) is 8.62. The molecule has 4 saturated heterocycles. The van der Waals surface area contributed by atoms with Crippen LogP contribution in [0.2, 0.25) is 16.6 Å². The van der Waals surface area contributed by atoms with Gasteiger partial charge in [-0.15, -0.1) is 16.9 Å². The van der Waals surface area contributed by atoms with Gasteiger partial charge in [-0.1, -0.05) is 53.5 Å². The molecule has 4 aromatic heterocycles. The van der Waals surface area contributed by atoms with Gasteiger partial charge in [0.1, 0.15) is 31.1 Å². The summed E-state index contributed by atoms with van der Waals surface area (Å²) < 4.78 is 37.8. The molecule has 306 valence electrons. The average Bonchev–Trinajstić information content (AvgIpc) is 4.04. The second-order valence-electron chi connectivity index (χ2n) is 18.4. The highest BCUT2D eigenvalue weighted by molar-refractivity contribution is 7.26. The van der Waals surface area contributed by atoms with E-state index in [0.717, 1.165) is 116 Å². The fourth-order valence-corrected chi connectivity index (χ4v) is 17.9. The molecule has 10 rings (SSSR count). The van der Waals surface area contributed by atoms with Crippen LogP contribution in [0.3, 0.4) is 0 Å². The number of piperazine rings is 1. The first-order valence-corrected chi connectivity index (χ1v) is 24.4. The lowest BCUT2D eigenvalue weighted by molar-refractivity contribution is 0.108. The first-order valence-electron chi connectivity index (χ1n) is 21.4. The van der Waals surface area contributed by atoms with Crippen LogP contribution in [0.5, 0.6) is 6.01 Å². The summed E-state index contributed by atoms with van der Waals surface area (Å²) in [6.07, 6.45) is 9.40. The number of thiophene rings is 1. The number of benzene rings is 2. The Balaban J connectivity index is 1.18. The number of rotatable bonds is 8. The minimum absolute atomic E-state index is 0.246. The van der Waals surface area contributed by atoms with Crippen LogP contribution in [0.15, 0.2) is 48.6 Å². The molecule has 6 aromatic rings. The normalized spacial score (nSPS) is 23.0. The Labute approximate surface area is 349 Å². The number of hydrogen-bond acceptors (Lipinski definition) is 9. The van der Waals surface area contributed by atoms with Crippen LogP contribution >= 0.6 is 11.3 Å². The summed E-state index contributed by atoms with van der Waals surface area (Å²) in [5, 5.41) is 15.9. The largest absolute Gasteiger partial charge is 0.461 e. The van der Waals surface area contributed by atoms with Crippen molar-refractivity contribution in [1.29, 1.82) is 0 Å². The average molecular weight is 831 g/mol. The van der Waals surface area contributed by atoms with Crippen molar-refractivity contribution in [1.82, 2.24) is 35.4 Å². The van der Waals surface area contributed by atoms with Crippen LogP contribution < -0.4 is 15.0 Å². The lowest BCUT2D eigenvalue weighted by Gasteiger charge is -2.38. The molecule has 0 amide bonds. The number of aromatic amines is 1. The van der Waals surface area contributed by atoms with Gasteiger partial charge in [-0.05, 0) is 84.4 Å². The van der Waals surface area contributed by atoms with E-state index in [0.29, 0.717) is 59.9 Å². The Morgan fingerprint density at radius 1 is 1.03 bits per heavy atom. The topological polar surface area (TPSA) is 95.1 Å². The third kappa shape index (κ3) is 6.19. The summed E-state index contributed by atoms with van der Waals surface area (Å²) in [5.74, 6) is 4.05. The molecular weight excluding hydrogens is 779 g/mol. The minimum Gasteiger partial charge on any atom is -0.461 e. The van der Waals surface area contributed by atoms with Crippen molar-refractivity contribution in [3.8, 4) is 28.7 Å². The third-order valence-corrected chi connectivity index (χ3v) is 21.6. The number of aromatic nitrogens is 5. The Kier molecular flexibility index (Phi) is 9.58. The van der Waals surface area contributed by atoms with E-state index in [1.807, 2.05) is 24.5 Å². The van der Waals surface area contributed by atoms with Gasteiger partial charge >= 0.3 is 6.01 Å². The first-order chi connectivity index (χ1) is 28.5. The molecule has 0 radical (unpaired) electrons. The molecule has 2 N–H and O–H groups in total. The first kappa shape index (κ1) is 38.7. The van der Waals surface area contributed by atoms with Crippen LogP contribution in [-0.4, -0.2) is 88.5 Å². The number of nitrogens with zero attached hydrogens (tertiary/aromatic N) is 6. The fraction of sp³-hybridized carbons (Fsp3) is 0.478. The zero-order valence-electron chi connectivity index (χ0n) is 34.8. The zero-order valence-corrected chi connectivity index (χ0v) is 36.6. The Hall–Kier alpha value is -4.48. The second-order valence-corrected chi connectivity index (χ2v) is 25.0. The van der Waals surface area contributed by atoms with Crippen molar-refractivity contribution in [2.24, 2.45) is 0 Å².